The Labute approximate surface area is 135 Å². The number of para-hydroxylation sites is 1. The molecule has 0 aromatic heterocycles. The Bertz CT molecular complexity index is 763. The number of phenols is 1. The molecule has 0 bridgehead atoms. The second-order valence-corrected chi connectivity index (χ2v) is 5.42. The lowest BCUT2D eigenvalue weighted by Crippen LogP contribution is -2.47. The minimum absolute atomic E-state index is 0.256. The molecule has 3 rings (SSSR count). The highest BCUT2D eigenvalue weighted by molar-refractivity contribution is 5.69. The number of piperazine rings is 1. The number of nitriles is 2. The monoisotopic (exact) mass is 304 g/mol. The van der Waals surface area contributed by atoms with Crippen LogP contribution < -0.4 is 9.80 Å². The number of aromatic hydroxyl groups is 1. The number of benzene rings is 2. The average molecular weight is 304 g/mol. The number of hydrogen-bond acceptors (Lipinski definition) is 5. The lowest BCUT2D eigenvalue weighted by Gasteiger charge is -2.38. The first-order chi connectivity index (χ1) is 11.2. The van der Waals surface area contributed by atoms with Gasteiger partial charge in [0.05, 0.1) is 16.8 Å². The van der Waals surface area contributed by atoms with E-state index in [0.717, 1.165) is 37.6 Å². The normalized spacial score (nSPS) is 14.2. The van der Waals surface area contributed by atoms with E-state index < -0.39 is 0 Å². The van der Waals surface area contributed by atoms with Gasteiger partial charge in [-0.25, -0.2) is 0 Å². The Morgan fingerprint density at radius 1 is 0.826 bits per heavy atom. The lowest BCUT2D eigenvalue weighted by molar-refractivity contribution is 0.475. The van der Waals surface area contributed by atoms with Crippen LogP contribution in [-0.4, -0.2) is 31.3 Å². The first-order valence-corrected chi connectivity index (χ1v) is 7.45. The van der Waals surface area contributed by atoms with Crippen LogP contribution in [0.4, 0.5) is 11.4 Å². The van der Waals surface area contributed by atoms with Crippen LogP contribution in [0.15, 0.2) is 42.5 Å². The molecule has 23 heavy (non-hydrogen) atoms. The van der Waals surface area contributed by atoms with Crippen LogP contribution in [0.3, 0.4) is 0 Å². The Morgan fingerprint density at radius 2 is 1.39 bits per heavy atom. The minimum atomic E-state index is 0.256. The van der Waals surface area contributed by atoms with Crippen LogP contribution in [-0.2, 0) is 0 Å². The van der Waals surface area contributed by atoms with Crippen molar-refractivity contribution in [1.29, 1.82) is 10.5 Å². The number of phenolic OH excluding ortho intramolecular Hbond substituents is 1. The quantitative estimate of drug-likeness (QED) is 0.922. The van der Waals surface area contributed by atoms with Crippen molar-refractivity contribution in [2.45, 2.75) is 0 Å². The highest BCUT2D eigenvalue weighted by Gasteiger charge is 2.22. The van der Waals surface area contributed by atoms with E-state index in [1.165, 1.54) is 0 Å². The fourth-order valence-electron chi connectivity index (χ4n) is 2.94. The molecule has 0 radical (unpaired) electrons. The molecule has 5 nitrogen and oxygen atoms in total. The molecule has 0 aliphatic carbocycles. The van der Waals surface area contributed by atoms with Crippen LogP contribution >= 0.6 is 0 Å². The fraction of sp³-hybridized carbons (Fsp3) is 0.222. The molecule has 0 saturated carbocycles. The van der Waals surface area contributed by atoms with Gasteiger partial charge in [-0.3, -0.25) is 0 Å². The predicted molar refractivity (Wildman–Crippen MR) is 88.4 cm³/mol. The third kappa shape index (κ3) is 2.90. The summed E-state index contributed by atoms with van der Waals surface area (Å²) >= 11 is 0. The Morgan fingerprint density at radius 3 is 1.96 bits per heavy atom. The first kappa shape index (κ1) is 14.7. The van der Waals surface area contributed by atoms with Gasteiger partial charge in [-0.1, -0.05) is 12.1 Å². The van der Waals surface area contributed by atoms with Gasteiger partial charge in [-0.2, -0.15) is 10.5 Å². The van der Waals surface area contributed by atoms with Crippen molar-refractivity contribution in [3.8, 4) is 17.9 Å². The molecule has 1 aliphatic heterocycles. The fourth-order valence-corrected chi connectivity index (χ4v) is 2.94. The van der Waals surface area contributed by atoms with Gasteiger partial charge in [0, 0.05) is 37.9 Å². The molecule has 1 heterocycles. The largest absolute Gasteiger partial charge is 0.508 e. The van der Waals surface area contributed by atoms with E-state index >= 15 is 0 Å². The van der Waals surface area contributed by atoms with E-state index in [2.05, 4.69) is 21.9 Å². The van der Waals surface area contributed by atoms with E-state index in [1.807, 2.05) is 12.1 Å². The Hall–Kier alpha value is -3.18. The van der Waals surface area contributed by atoms with Crippen molar-refractivity contribution in [1.82, 2.24) is 0 Å². The number of rotatable bonds is 2. The summed E-state index contributed by atoms with van der Waals surface area (Å²) in [6.45, 7) is 2.99. The topological polar surface area (TPSA) is 74.3 Å². The molecule has 2 aromatic carbocycles. The number of anilines is 2. The zero-order valence-corrected chi connectivity index (χ0v) is 12.6. The van der Waals surface area contributed by atoms with E-state index in [0.29, 0.717) is 11.1 Å². The van der Waals surface area contributed by atoms with Crippen molar-refractivity contribution in [3.63, 3.8) is 0 Å². The van der Waals surface area contributed by atoms with Crippen LogP contribution in [0.1, 0.15) is 11.1 Å². The molecule has 0 atom stereocenters. The van der Waals surface area contributed by atoms with Gasteiger partial charge in [0.25, 0.3) is 0 Å². The molecule has 1 fully saturated rings. The predicted octanol–water partition coefficient (Wildman–Crippen LogP) is 2.46. The van der Waals surface area contributed by atoms with E-state index in [4.69, 9.17) is 0 Å². The van der Waals surface area contributed by atoms with Gasteiger partial charge < -0.3 is 14.9 Å². The van der Waals surface area contributed by atoms with Gasteiger partial charge in [-0.15, -0.1) is 0 Å². The third-order valence-corrected chi connectivity index (χ3v) is 4.07. The van der Waals surface area contributed by atoms with Crippen LogP contribution in [0.25, 0.3) is 0 Å². The molecule has 114 valence electrons. The lowest BCUT2D eigenvalue weighted by atomic mass is 10.1. The standard InChI is InChI=1S/C18H16N4O/c19-12-14-3-1-4-15(13-20)18(14)22-9-7-21(8-10-22)16-5-2-6-17(23)11-16/h1-6,11,23H,7-10H2. The zero-order valence-electron chi connectivity index (χ0n) is 12.6. The smallest absolute Gasteiger partial charge is 0.117 e. The van der Waals surface area contributed by atoms with Crippen molar-refractivity contribution < 1.29 is 5.11 Å². The molecular formula is C18H16N4O. The molecule has 2 aromatic rings. The van der Waals surface area contributed by atoms with E-state index in [9.17, 15) is 15.6 Å². The molecule has 0 amide bonds. The minimum Gasteiger partial charge on any atom is -0.508 e. The first-order valence-electron chi connectivity index (χ1n) is 7.45. The molecule has 0 unspecified atom stereocenters. The summed E-state index contributed by atoms with van der Waals surface area (Å²) < 4.78 is 0. The van der Waals surface area contributed by atoms with Gasteiger partial charge in [0.2, 0.25) is 0 Å². The molecule has 5 heteroatoms. The van der Waals surface area contributed by atoms with Crippen molar-refractivity contribution >= 4 is 11.4 Å². The molecule has 0 spiro atoms. The number of nitrogens with zero attached hydrogens (tertiary/aromatic N) is 4. The maximum absolute atomic E-state index is 9.60. The molecule has 1 saturated heterocycles. The van der Waals surface area contributed by atoms with Gasteiger partial charge in [0.15, 0.2) is 0 Å². The van der Waals surface area contributed by atoms with Crippen molar-refractivity contribution in [2.24, 2.45) is 0 Å². The van der Waals surface area contributed by atoms with E-state index in [1.54, 1.807) is 30.3 Å². The van der Waals surface area contributed by atoms with Crippen molar-refractivity contribution in [2.75, 3.05) is 36.0 Å². The molecule has 1 N–H and O–H groups in total. The second-order valence-electron chi connectivity index (χ2n) is 5.42. The zero-order chi connectivity index (χ0) is 16.2. The SMILES string of the molecule is N#Cc1cccc(C#N)c1N1CCN(c2cccc(O)c2)CC1. The highest BCUT2D eigenvalue weighted by atomic mass is 16.3. The summed E-state index contributed by atoms with van der Waals surface area (Å²) in [5.41, 5.74) is 2.79. The highest BCUT2D eigenvalue weighted by Crippen LogP contribution is 2.28. The maximum atomic E-state index is 9.60. The Kier molecular flexibility index (Phi) is 4.03. The van der Waals surface area contributed by atoms with Crippen LogP contribution in [0.5, 0.6) is 5.75 Å². The summed E-state index contributed by atoms with van der Waals surface area (Å²) in [5, 5.41) is 28.2. The van der Waals surface area contributed by atoms with E-state index in [-0.39, 0.29) is 5.75 Å². The summed E-state index contributed by atoms with van der Waals surface area (Å²) in [6.07, 6.45) is 0. The van der Waals surface area contributed by atoms with Gasteiger partial charge >= 0.3 is 0 Å². The summed E-state index contributed by atoms with van der Waals surface area (Å²) in [5.74, 6) is 0.256. The average Bonchev–Trinajstić information content (AvgIpc) is 2.61. The van der Waals surface area contributed by atoms with Gasteiger partial charge in [0.1, 0.15) is 17.9 Å². The molecule has 1 aliphatic rings. The van der Waals surface area contributed by atoms with Crippen LogP contribution in [0.2, 0.25) is 0 Å². The summed E-state index contributed by atoms with van der Waals surface area (Å²) in [7, 11) is 0. The van der Waals surface area contributed by atoms with Crippen molar-refractivity contribution in [3.05, 3.63) is 53.6 Å². The summed E-state index contributed by atoms with van der Waals surface area (Å²) in [6, 6.07) is 16.8. The summed E-state index contributed by atoms with van der Waals surface area (Å²) in [4.78, 5) is 4.29. The van der Waals surface area contributed by atoms with Crippen LogP contribution in [0, 0.1) is 22.7 Å². The maximum Gasteiger partial charge on any atom is 0.117 e. The third-order valence-electron chi connectivity index (χ3n) is 4.07. The Balaban J connectivity index is 1.80. The molecular weight excluding hydrogens is 288 g/mol. The second kappa shape index (κ2) is 6.29. The number of hydrogen-bond donors (Lipinski definition) is 1. The van der Waals surface area contributed by atoms with Gasteiger partial charge in [-0.05, 0) is 24.3 Å².